The third-order valence-corrected chi connectivity index (χ3v) is 5.14. The number of benzene rings is 1. The third kappa shape index (κ3) is 3.51. The molecule has 1 aromatic carbocycles. The van der Waals surface area contributed by atoms with Crippen molar-refractivity contribution in [3.8, 4) is 5.75 Å². The van der Waals surface area contributed by atoms with Gasteiger partial charge in [0.05, 0.1) is 17.6 Å². The summed E-state index contributed by atoms with van der Waals surface area (Å²) in [6, 6.07) is 3.26. The zero-order chi connectivity index (χ0) is 16.4. The van der Waals surface area contributed by atoms with E-state index in [1.54, 1.807) is 6.07 Å². The van der Waals surface area contributed by atoms with Gasteiger partial charge >= 0.3 is 0 Å². The Balaban J connectivity index is 1.87. The van der Waals surface area contributed by atoms with Crippen LogP contribution in [0.4, 0.5) is 4.39 Å². The van der Waals surface area contributed by atoms with Crippen LogP contribution in [0.5, 0.6) is 5.75 Å². The standard InChI is InChI=1S/C19H27FN2O/c1-4-6-9-19(3,5-2)18-21-15-10-14(20)17(11-16(15)22-18)23-12-13-7-8-13/h10-11,13H,4-9,12H2,1-3H3,(H,21,22). The molecule has 1 saturated carbocycles. The molecule has 126 valence electrons. The maximum atomic E-state index is 14.2. The van der Waals surface area contributed by atoms with Crippen LogP contribution >= 0.6 is 0 Å². The minimum Gasteiger partial charge on any atom is -0.490 e. The molecule has 0 bridgehead atoms. The largest absolute Gasteiger partial charge is 0.490 e. The molecule has 3 nitrogen and oxygen atoms in total. The second kappa shape index (κ2) is 6.50. The summed E-state index contributed by atoms with van der Waals surface area (Å²) >= 11 is 0. The minimum absolute atomic E-state index is 0.0144. The molecule has 23 heavy (non-hydrogen) atoms. The number of rotatable bonds is 8. The van der Waals surface area contributed by atoms with Gasteiger partial charge in [0.15, 0.2) is 11.6 Å². The summed E-state index contributed by atoms with van der Waals surface area (Å²) in [4.78, 5) is 8.08. The predicted octanol–water partition coefficient (Wildman–Crippen LogP) is 5.35. The Morgan fingerprint density at radius 2 is 2.13 bits per heavy atom. The molecule has 0 spiro atoms. The zero-order valence-corrected chi connectivity index (χ0v) is 14.4. The number of nitrogens with zero attached hydrogens (tertiary/aromatic N) is 1. The summed E-state index contributed by atoms with van der Waals surface area (Å²) in [6.45, 7) is 7.25. The van der Waals surface area contributed by atoms with E-state index in [0.29, 0.717) is 23.8 Å². The lowest BCUT2D eigenvalue weighted by Gasteiger charge is -2.25. The monoisotopic (exact) mass is 318 g/mol. The molecule has 1 aliphatic rings. The van der Waals surface area contributed by atoms with Crippen molar-refractivity contribution in [1.82, 2.24) is 9.97 Å². The van der Waals surface area contributed by atoms with Gasteiger partial charge in [-0.2, -0.15) is 0 Å². The molecule has 1 unspecified atom stereocenters. The van der Waals surface area contributed by atoms with Gasteiger partial charge in [-0.15, -0.1) is 0 Å². The van der Waals surface area contributed by atoms with Crippen molar-refractivity contribution in [1.29, 1.82) is 0 Å². The molecule has 1 aromatic heterocycles. The van der Waals surface area contributed by atoms with E-state index in [-0.39, 0.29) is 11.2 Å². The van der Waals surface area contributed by atoms with Gasteiger partial charge in [0.2, 0.25) is 0 Å². The van der Waals surface area contributed by atoms with Crippen molar-refractivity contribution in [3.63, 3.8) is 0 Å². The maximum absolute atomic E-state index is 14.2. The molecular weight excluding hydrogens is 291 g/mol. The lowest BCUT2D eigenvalue weighted by Crippen LogP contribution is -2.22. The average Bonchev–Trinajstić information content (AvgIpc) is 3.29. The number of halogens is 1. The van der Waals surface area contributed by atoms with Gasteiger partial charge in [-0.3, -0.25) is 0 Å². The van der Waals surface area contributed by atoms with E-state index in [1.807, 2.05) is 0 Å². The van der Waals surface area contributed by atoms with Gasteiger partial charge in [0.25, 0.3) is 0 Å². The maximum Gasteiger partial charge on any atom is 0.167 e. The van der Waals surface area contributed by atoms with Crippen LogP contribution in [-0.4, -0.2) is 16.6 Å². The Labute approximate surface area is 137 Å². The van der Waals surface area contributed by atoms with E-state index < -0.39 is 0 Å². The van der Waals surface area contributed by atoms with E-state index in [0.717, 1.165) is 24.2 Å². The van der Waals surface area contributed by atoms with E-state index in [9.17, 15) is 4.39 Å². The molecule has 3 rings (SSSR count). The Kier molecular flexibility index (Phi) is 4.60. The lowest BCUT2D eigenvalue weighted by molar-refractivity contribution is 0.286. The number of hydrogen-bond acceptors (Lipinski definition) is 2. The van der Waals surface area contributed by atoms with Crippen LogP contribution in [0, 0.1) is 11.7 Å². The van der Waals surface area contributed by atoms with Gasteiger partial charge in [-0.25, -0.2) is 9.37 Å². The first kappa shape index (κ1) is 16.3. The predicted molar refractivity (Wildman–Crippen MR) is 91.4 cm³/mol. The summed E-state index contributed by atoms with van der Waals surface area (Å²) in [5.74, 6) is 1.59. The number of hydrogen-bond donors (Lipinski definition) is 1. The molecule has 1 N–H and O–H groups in total. The molecule has 2 aromatic rings. The van der Waals surface area contributed by atoms with Crippen molar-refractivity contribution >= 4 is 11.0 Å². The SMILES string of the molecule is CCCCC(C)(CC)c1nc2cc(F)c(OCC3CC3)cc2[nH]1. The number of fused-ring (bicyclic) bond motifs is 1. The summed E-state index contributed by atoms with van der Waals surface area (Å²) in [5, 5.41) is 0. The van der Waals surface area contributed by atoms with E-state index in [1.165, 1.54) is 31.7 Å². The first-order valence-corrected chi connectivity index (χ1v) is 8.88. The van der Waals surface area contributed by atoms with Crippen molar-refractivity contribution in [2.75, 3.05) is 6.61 Å². The quantitative estimate of drug-likeness (QED) is 0.712. The molecule has 1 aliphatic carbocycles. The molecular formula is C19H27FN2O. The van der Waals surface area contributed by atoms with Crippen LogP contribution < -0.4 is 4.74 Å². The van der Waals surface area contributed by atoms with Crippen LogP contribution in [0.3, 0.4) is 0 Å². The van der Waals surface area contributed by atoms with Crippen LogP contribution in [0.15, 0.2) is 12.1 Å². The summed E-state index contributed by atoms with van der Waals surface area (Å²) in [7, 11) is 0. The zero-order valence-electron chi connectivity index (χ0n) is 14.4. The van der Waals surface area contributed by atoms with E-state index in [2.05, 4.69) is 30.7 Å². The fourth-order valence-corrected chi connectivity index (χ4v) is 2.93. The number of imidazole rings is 1. The second-order valence-electron chi connectivity index (χ2n) is 7.16. The number of ether oxygens (including phenoxy) is 1. The Hall–Kier alpha value is -1.58. The third-order valence-electron chi connectivity index (χ3n) is 5.14. The van der Waals surface area contributed by atoms with Gasteiger partial charge in [-0.1, -0.05) is 33.6 Å². The molecule has 0 saturated heterocycles. The van der Waals surface area contributed by atoms with E-state index in [4.69, 9.17) is 4.74 Å². The van der Waals surface area contributed by atoms with Crippen LogP contribution in [0.1, 0.15) is 65.1 Å². The molecule has 1 atom stereocenters. The van der Waals surface area contributed by atoms with Gasteiger partial charge in [0, 0.05) is 17.5 Å². The number of nitrogens with one attached hydrogen (secondary N) is 1. The average molecular weight is 318 g/mol. The molecule has 0 amide bonds. The van der Waals surface area contributed by atoms with Crippen molar-refractivity contribution < 1.29 is 9.13 Å². The summed E-state index contributed by atoms with van der Waals surface area (Å²) < 4.78 is 19.8. The van der Waals surface area contributed by atoms with Gasteiger partial charge in [-0.05, 0) is 31.6 Å². The van der Waals surface area contributed by atoms with E-state index >= 15 is 0 Å². The normalized spacial score (nSPS) is 17.4. The van der Waals surface area contributed by atoms with Gasteiger partial charge in [0.1, 0.15) is 5.82 Å². The summed E-state index contributed by atoms with van der Waals surface area (Å²) in [5.41, 5.74) is 1.57. The molecule has 0 aliphatic heterocycles. The van der Waals surface area contributed by atoms with Gasteiger partial charge < -0.3 is 9.72 Å². The first-order chi connectivity index (χ1) is 11.1. The number of H-pyrrole nitrogens is 1. The number of unbranched alkanes of at least 4 members (excludes halogenated alkanes) is 1. The van der Waals surface area contributed by atoms with Crippen LogP contribution in [0.2, 0.25) is 0 Å². The lowest BCUT2D eigenvalue weighted by atomic mass is 9.81. The smallest absolute Gasteiger partial charge is 0.167 e. The highest BCUT2D eigenvalue weighted by Crippen LogP contribution is 2.34. The highest BCUT2D eigenvalue weighted by Gasteiger charge is 2.28. The highest BCUT2D eigenvalue weighted by molar-refractivity contribution is 5.77. The highest BCUT2D eigenvalue weighted by atomic mass is 19.1. The molecule has 1 fully saturated rings. The minimum atomic E-state index is -0.317. The number of aromatic amines is 1. The van der Waals surface area contributed by atoms with Crippen molar-refractivity contribution in [3.05, 3.63) is 23.8 Å². The Bertz CT molecular complexity index is 677. The van der Waals surface area contributed by atoms with Crippen LogP contribution in [-0.2, 0) is 5.41 Å². The molecule has 0 radical (unpaired) electrons. The molecule has 1 heterocycles. The van der Waals surface area contributed by atoms with Crippen molar-refractivity contribution in [2.45, 2.75) is 64.7 Å². The van der Waals surface area contributed by atoms with Crippen LogP contribution in [0.25, 0.3) is 11.0 Å². The Morgan fingerprint density at radius 3 is 2.78 bits per heavy atom. The fourth-order valence-electron chi connectivity index (χ4n) is 2.93. The first-order valence-electron chi connectivity index (χ1n) is 8.88. The molecule has 4 heteroatoms. The Morgan fingerprint density at radius 1 is 1.35 bits per heavy atom. The topological polar surface area (TPSA) is 37.9 Å². The van der Waals surface area contributed by atoms with Crippen molar-refractivity contribution in [2.24, 2.45) is 5.92 Å². The summed E-state index contributed by atoms with van der Waals surface area (Å²) in [6.07, 6.45) is 6.84. The fraction of sp³-hybridized carbons (Fsp3) is 0.632. The second-order valence-corrected chi connectivity index (χ2v) is 7.16. The number of aromatic nitrogens is 2.